The van der Waals surface area contributed by atoms with Crippen molar-refractivity contribution in [2.45, 2.75) is 13.8 Å². The van der Waals surface area contributed by atoms with Gasteiger partial charge in [-0.05, 0) is 25.0 Å². The van der Waals surface area contributed by atoms with E-state index in [1.807, 2.05) is 32.0 Å². The Morgan fingerprint density at radius 3 is 1.91 bits per heavy atom. The maximum Gasteiger partial charge on any atom is 0.150 e. The molecule has 1 rings (SSSR count). The molecule has 1 nitrogen and oxygen atoms in total. The van der Waals surface area contributed by atoms with Crippen molar-refractivity contribution in [1.82, 2.24) is 0 Å². The van der Waals surface area contributed by atoms with Crippen molar-refractivity contribution in [2.75, 3.05) is 0 Å². The fourth-order valence-electron chi connectivity index (χ4n) is 1.01. The molecule has 0 aliphatic carbocycles. The molecule has 0 fully saturated rings. The number of carbonyl (C=O) groups excluding carboxylic acids is 1. The average Bonchev–Trinajstić information content (AvgIpc) is 1.88. The molecule has 0 heterocycles. The molecule has 0 aliphatic heterocycles. The second kappa shape index (κ2) is 4.40. The first-order valence-electron chi connectivity index (χ1n) is 3.27. The van der Waals surface area contributed by atoms with E-state index in [0.29, 0.717) is 0 Å². The van der Waals surface area contributed by atoms with Crippen LogP contribution in [-0.2, 0) is 19.5 Å². The van der Waals surface area contributed by atoms with Gasteiger partial charge in [0.1, 0.15) is 0 Å². The minimum atomic E-state index is 0. The second-order valence-electron chi connectivity index (χ2n) is 2.42. The van der Waals surface area contributed by atoms with E-state index in [4.69, 9.17) is 0 Å². The van der Waals surface area contributed by atoms with Crippen LogP contribution in [0.4, 0.5) is 0 Å². The molecule has 54 valence electrons. The van der Waals surface area contributed by atoms with Gasteiger partial charge in [-0.1, -0.05) is 18.2 Å². The monoisotopic (exact) mass is 198 g/mol. The van der Waals surface area contributed by atoms with E-state index in [-0.39, 0.29) is 19.5 Å². The van der Waals surface area contributed by atoms with Gasteiger partial charge < -0.3 is 0 Å². The standard InChI is InChI=1S/C9H10O.Zn/c1-7-4-3-5-8(2)9(7)6-10;/h3-6H,1-2H3;. The Morgan fingerprint density at radius 1 is 1.18 bits per heavy atom. The smallest absolute Gasteiger partial charge is 0.150 e. The summed E-state index contributed by atoms with van der Waals surface area (Å²) in [4.78, 5) is 10.4. The minimum absolute atomic E-state index is 0. The van der Waals surface area contributed by atoms with Crippen LogP contribution < -0.4 is 0 Å². The van der Waals surface area contributed by atoms with Crippen LogP contribution in [0.1, 0.15) is 21.5 Å². The van der Waals surface area contributed by atoms with Gasteiger partial charge in [0.05, 0.1) is 0 Å². The molecule has 11 heavy (non-hydrogen) atoms. The number of aldehydes is 1. The number of benzene rings is 1. The van der Waals surface area contributed by atoms with Crippen LogP contribution in [-0.4, -0.2) is 6.29 Å². The fourth-order valence-corrected chi connectivity index (χ4v) is 1.01. The molecule has 0 radical (unpaired) electrons. The summed E-state index contributed by atoms with van der Waals surface area (Å²) in [5.74, 6) is 0. The van der Waals surface area contributed by atoms with E-state index in [1.165, 1.54) is 0 Å². The quantitative estimate of drug-likeness (QED) is 0.500. The zero-order valence-electron chi connectivity index (χ0n) is 6.92. The van der Waals surface area contributed by atoms with Crippen molar-refractivity contribution in [1.29, 1.82) is 0 Å². The van der Waals surface area contributed by atoms with Crippen molar-refractivity contribution in [3.8, 4) is 0 Å². The summed E-state index contributed by atoms with van der Waals surface area (Å²) in [5, 5.41) is 0. The van der Waals surface area contributed by atoms with Gasteiger partial charge in [0.2, 0.25) is 0 Å². The summed E-state index contributed by atoms with van der Waals surface area (Å²) < 4.78 is 0. The maximum atomic E-state index is 10.4. The molecule has 2 heteroatoms. The van der Waals surface area contributed by atoms with Crippen LogP contribution in [0.5, 0.6) is 0 Å². The summed E-state index contributed by atoms with van der Waals surface area (Å²) in [6.07, 6.45) is 0.907. The summed E-state index contributed by atoms with van der Waals surface area (Å²) in [7, 11) is 0. The van der Waals surface area contributed by atoms with E-state index in [2.05, 4.69) is 0 Å². The molecule has 0 aliphatic rings. The molecule has 0 bridgehead atoms. The Hall–Kier alpha value is -0.487. The van der Waals surface area contributed by atoms with Gasteiger partial charge in [0.15, 0.2) is 6.29 Å². The number of carbonyl (C=O) groups is 1. The third-order valence-corrected chi connectivity index (χ3v) is 1.66. The van der Waals surface area contributed by atoms with Crippen molar-refractivity contribution >= 4 is 6.29 Å². The third-order valence-electron chi connectivity index (χ3n) is 1.66. The zero-order valence-corrected chi connectivity index (χ0v) is 9.89. The average molecular weight is 200 g/mol. The molecule has 1 aromatic rings. The first kappa shape index (κ1) is 10.5. The van der Waals surface area contributed by atoms with Gasteiger partial charge >= 0.3 is 0 Å². The minimum Gasteiger partial charge on any atom is -0.298 e. The third kappa shape index (κ3) is 2.23. The summed E-state index contributed by atoms with van der Waals surface area (Å²) in [6, 6.07) is 5.84. The molecule has 0 N–H and O–H groups in total. The number of aryl methyl sites for hydroxylation is 2. The van der Waals surface area contributed by atoms with Crippen molar-refractivity contribution in [3.05, 3.63) is 34.9 Å². The van der Waals surface area contributed by atoms with Crippen LogP contribution in [0, 0.1) is 13.8 Å². The normalized spacial score (nSPS) is 8.55. The molecule has 1 aromatic carbocycles. The van der Waals surface area contributed by atoms with E-state index < -0.39 is 0 Å². The molecule has 0 unspecified atom stereocenters. The van der Waals surface area contributed by atoms with Crippen LogP contribution in [0.3, 0.4) is 0 Å². The summed E-state index contributed by atoms with van der Waals surface area (Å²) >= 11 is 0. The first-order valence-corrected chi connectivity index (χ1v) is 3.27. The molecular formula is C9H10OZn. The van der Waals surface area contributed by atoms with Crippen molar-refractivity contribution < 1.29 is 24.3 Å². The van der Waals surface area contributed by atoms with Gasteiger partial charge in [0, 0.05) is 25.0 Å². The number of hydrogen-bond donors (Lipinski definition) is 0. The maximum absolute atomic E-state index is 10.4. The SMILES string of the molecule is Cc1cccc(C)c1C=O.[Zn]. The molecule has 0 spiro atoms. The van der Waals surface area contributed by atoms with E-state index in [0.717, 1.165) is 23.0 Å². The summed E-state index contributed by atoms with van der Waals surface area (Å²) in [6.45, 7) is 3.88. The number of rotatable bonds is 1. The van der Waals surface area contributed by atoms with E-state index in [1.54, 1.807) is 0 Å². The van der Waals surface area contributed by atoms with Crippen molar-refractivity contribution in [3.63, 3.8) is 0 Å². The van der Waals surface area contributed by atoms with Crippen LogP contribution in [0.2, 0.25) is 0 Å². The number of hydrogen-bond acceptors (Lipinski definition) is 1. The molecule has 0 saturated heterocycles. The Bertz CT molecular complexity index is 235. The molecule has 0 aromatic heterocycles. The van der Waals surface area contributed by atoms with Gasteiger partial charge in [-0.15, -0.1) is 0 Å². The van der Waals surface area contributed by atoms with Gasteiger partial charge in [-0.3, -0.25) is 4.79 Å². The van der Waals surface area contributed by atoms with Crippen LogP contribution in [0.25, 0.3) is 0 Å². The zero-order chi connectivity index (χ0) is 7.56. The Labute approximate surface area is 79.6 Å². The second-order valence-corrected chi connectivity index (χ2v) is 2.42. The Balaban J connectivity index is 0.000001000. The molecule has 0 atom stereocenters. The molecule has 0 saturated carbocycles. The van der Waals surface area contributed by atoms with Crippen molar-refractivity contribution in [2.24, 2.45) is 0 Å². The van der Waals surface area contributed by atoms with Crippen LogP contribution >= 0.6 is 0 Å². The Morgan fingerprint density at radius 2 is 1.64 bits per heavy atom. The molecule has 0 amide bonds. The van der Waals surface area contributed by atoms with Gasteiger partial charge in [-0.2, -0.15) is 0 Å². The fraction of sp³-hybridized carbons (Fsp3) is 0.222. The molecular weight excluding hydrogens is 189 g/mol. The van der Waals surface area contributed by atoms with E-state index >= 15 is 0 Å². The first-order chi connectivity index (χ1) is 4.75. The topological polar surface area (TPSA) is 17.1 Å². The van der Waals surface area contributed by atoms with Gasteiger partial charge in [-0.25, -0.2) is 0 Å². The van der Waals surface area contributed by atoms with Crippen LogP contribution in [0.15, 0.2) is 18.2 Å². The van der Waals surface area contributed by atoms with Gasteiger partial charge in [0.25, 0.3) is 0 Å². The predicted octanol–water partition coefficient (Wildman–Crippen LogP) is 2.11. The summed E-state index contributed by atoms with van der Waals surface area (Å²) in [5.41, 5.74) is 2.92. The Kier molecular flexibility index (Phi) is 4.21. The van der Waals surface area contributed by atoms with E-state index in [9.17, 15) is 4.79 Å². The predicted molar refractivity (Wildman–Crippen MR) is 41.3 cm³/mol. The largest absolute Gasteiger partial charge is 0.298 e.